The normalized spacial score (nSPS) is 27.5. The molecule has 1 aliphatic carbocycles. The van der Waals surface area contributed by atoms with Crippen LogP contribution in [-0.2, 0) is 9.59 Å². The summed E-state index contributed by atoms with van der Waals surface area (Å²) in [5.74, 6) is -2.89. The average molecular weight is 230 g/mol. The second-order valence-corrected chi connectivity index (χ2v) is 4.36. The first kappa shape index (κ1) is 19.5. The number of carboxylic acid groups (broad SMARTS) is 2. The molecule has 4 nitrogen and oxygen atoms in total. The molecule has 0 aliphatic heterocycles. The van der Waals surface area contributed by atoms with Crippen molar-refractivity contribution in [1.29, 1.82) is 0 Å². The molecule has 17 heavy (non-hydrogen) atoms. The second kappa shape index (κ2) is 9.12. The quantitative estimate of drug-likeness (QED) is 0.697. The van der Waals surface area contributed by atoms with Gasteiger partial charge in [-0.15, -0.1) is 0 Å². The summed E-state index contributed by atoms with van der Waals surface area (Å²) in [4.78, 5) is 21.8. The third-order valence-electron chi connectivity index (χ3n) is 3.29. The Kier molecular flexibility index (Phi) is 10.4. The average Bonchev–Trinajstić information content (AvgIpc) is 2.17. The van der Waals surface area contributed by atoms with Crippen LogP contribution in [0.15, 0.2) is 0 Å². The molecule has 0 bridgehead atoms. The van der Waals surface area contributed by atoms with Gasteiger partial charge in [-0.05, 0) is 25.2 Å². The predicted octanol–water partition coefficient (Wildman–Crippen LogP) is 0.691. The van der Waals surface area contributed by atoms with Gasteiger partial charge in [0.25, 0.3) is 0 Å². The molecule has 1 rings (SSSR count). The van der Waals surface area contributed by atoms with Crippen molar-refractivity contribution >= 4 is 49.7 Å². The van der Waals surface area contributed by atoms with E-state index in [1.165, 1.54) is 0 Å². The van der Waals surface area contributed by atoms with E-state index in [-0.39, 0.29) is 37.7 Å². The van der Waals surface area contributed by atoms with E-state index in [4.69, 9.17) is 10.2 Å². The van der Waals surface area contributed by atoms with E-state index in [0.29, 0.717) is 18.8 Å². The van der Waals surface area contributed by atoms with Crippen molar-refractivity contribution in [3.8, 4) is 0 Å². The number of carbonyl (C=O) groups is 2. The van der Waals surface area contributed by atoms with Crippen LogP contribution in [0.25, 0.3) is 0 Å². The fraction of sp³-hybridized carbons (Fsp3) is 0.818. The summed E-state index contributed by atoms with van der Waals surface area (Å²) in [7, 11) is 0. The molecule has 1 saturated carbocycles. The Bertz CT molecular complexity index is 258. The van der Waals surface area contributed by atoms with Crippen molar-refractivity contribution < 1.29 is 19.8 Å². The summed E-state index contributed by atoms with van der Waals surface area (Å²) in [5.41, 5.74) is 0. The summed E-state index contributed by atoms with van der Waals surface area (Å²) in [6, 6.07) is 0. The molecule has 90 valence electrons. The molecule has 3 atom stereocenters. The minimum atomic E-state index is -0.961. The summed E-state index contributed by atoms with van der Waals surface area (Å²) in [6.07, 6.45) is 3.94. The molecule has 2 N–H and O–H groups in total. The Balaban J connectivity index is 0. The molecule has 6 heteroatoms. The van der Waals surface area contributed by atoms with Crippen LogP contribution in [0, 0.1) is 17.8 Å². The standard InChI is InChI=1S/C11H18O4.2Li.2H/c1-2-3-7-4-5-8(10(12)13)9(6-7)11(14)15;;;;/h7-9H,2-6H2,1H3,(H,12,13)(H,14,15);;;;. The van der Waals surface area contributed by atoms with E-state index in [9.17, 15) is 9.59 Å². The zero-order valence-corrected chi connectivity index (χ0v) is 8.98. The third kappa shape index (κ3) is 5.53. The van der Waals surface area contributed by atoms with Gasteiger partial charge >= 0.3 is 49.7 Å². The monoisotopic (exact) mass is 230 g/mol. The molecule has 1 aliphatic rings. The van der Waals surface area contributed by atoms with Gasteiger partial charge in [-0.1, -0.05) is 19.8 Å². The fourth-order valence-corrected chi connectivity index (χ4v) is 2.50. The molecule has 0 radical (unpaired) electrons. The molecule has 0 aromatic heterocycles. The molecule has 0 amide bonds. The molecular formula is C11H20Li2O4. The maximum atomic E-state index is 11.0. The van der Waals surface area contributed by atoms with Gasteiger partial charge in [-0.2, -0.15) is 0 Å². The van der Waals surface area contributed by atoms with Gasteiger partial charge in [-0.3, -0.25) is 9.59 Å². The Hall–Kier alpha value is 0.135. The van der Waals surface area contributed by atoms with E-state index in [2.05, 4.69) is 6.92 Å². The Morgan fingerprint density at radius 3 is 2.00 bits per heavy atom. The van der Waals surface area contributed by atoms with E-state index >= 15 is 0 Å². The van der Waals surface area contributed by atoms with Gasteiger partial charge in [0.2, 0.25) is 0 Å². The van der Waals surface area contributed by atoms with Crippen LogP contribution in [0.4, 0.5) is 0 Å². The first-order valence-electron chi connectivity index (χ1n) is 5.51. The number of carboxylic acids is 2. The van der Waals surface area contributed by atoms with Gasteiger partial charge in [0.1, 0.15) is 0 Å². The van der Waals surface area contributed by atoms with Gasteiger partial charge in [-0.25, -0.2) is 0 Å². The van der Waals surface area contributed by atoms with Crippen molar-refractivity contribution in [2.75, 3.05) is 0 Å². The van der Waals surface area contributed by atoms with Crippen LogP contribution >= 0.6 is 0 Å². The number of hydrogen-bond donors (Lipinski definition) is 2. The topological polar surface area (TPSA) is 74.6 Å². The van der Waals surface area contributed by atoms with Crippen LogP contribution in [0.5, 0.6) is 0 Å². The van der Waals surface area contributed by atoms with Gasteiger partial charge in [0, 0.05) is 0 Å². The number of rotatable bonds is 4. The Morgan fingerprint density at radius 2 is 1.59 bits per heavy atom. The molecule has 0 saturated heterocycles. The SMILES string of the molecule is CCCC1CCC(C(=O)O)C(C(=O)O)C1.[LiH].[LiH]. The maximum absolute atomic E-state index is 11.0. The van der Waals surface area contributed by atoms with Crippen molar-refractivity contribution in [2.24, 2.45) is 17.8 Å². The first-order valence-corrected chi connectivity index (χ1v) is 5.51. The second-order valence-electron chi connectivity index (χ2n) is 4.36. The van der Waals surface area contributed by atoms with Crippen LogP contribution in [0.1, 0.15) is 39.0 Å². The molecule has 1 fully saturated rings. The summed E-state index contributed by atoms with van der Waals surface area (Å²) < 4.78 is 0. The van der Waals surface area contributed by atoms with Crippen molar-refractivity contribution in [2.45, 2.75) is 39.0 Å². The molecule has 0 heterocycles. The summed E-state index contributed by atoms with van der Waals surface area (Å²) in [6.45, 7) is 2.07. The van der Waals surface area contributed by atoms with Crippen LogP contribution in [-0.4, -0.2) is 59.9 Å². The molecular weight excluding hydrogens is 210 g/mol. The van der Waals surface area contributed by atoms with Crippen LogP contribution in [0.3, 0.4) is 0 Å². The predicted molar refractivity (Wildman–Crippen MR) is 68.8 cm³/mol. The van der Waals surface area contributed by atoms with E-state index in [1.54, 1.807) is 0 Å². The van der Waals surface area contributed by atoms with Crippen LogP contribution < -0.4 is 0 Å². The molecule has 0 aromatic carbocycles. The fourth-order valence-electron chi connectivity index (χ4n) is 2.50. The van der Waals surface area contributed by atoms with Crippen molar-refractivity contribution in [3.63, 3.8) is 0 Å². The van der Waals surface area contributed by atoms with Gasteiger partial charge < -0.3 is 10.2 Å². The molecule has 3 unspecified atom stereocenters. The summed E-state index contributed by atoms with van der Waals surface area (Å²) in [5, 5.41) is 17.9. The number of aliphatic carboxylic acids is 2. The van der Waals surface area contributed by atoms with Gasteiger partial charge in [0.15, 0.2) is 0 Å². The summed E-state index contributed by atoms with van der Waals surface area (Å²) >= 11 is 0. The minimum absolute atomic E-state index is 0. The number of hydrogen-bond acceptors (Lipinski definition) is 2. The Morgan fingerprint density at radius 1 is 1.06 bits per heavy atom. The first-order chi connectivity index (χ1) is 7.06. The van der Waals surface area contributed by atoms with E-state index < -0.39 is 23.8 Å². The van der Waals surface area contributed by atoms with E-state index in [0.717, 1.165) is 19.3 Å². The third-order valence-corrected chi connectivity index (χ3v) is 3.29. The van der Waals surface area contributed by atoms with E-state index in [1.807, 2.05) is 0 Å². The van der Waals surface area contributed by atoms with Crippen molar-refractivity contribution in [3.05, 3.63) is 0 Å². The molecule has 0 aromatic rings. The zero-order chi connectivity index (χ0) is 11.4. The van der Waals surface area contributed by atoms with Crippen molar-refractivity contribution in [1.82, 2.24) is 0 Å². The zero-order valence-electron chi connectivity index (χ0n) is 8.98. The Labute approximate surface area is 126 Å². The van der Waals surface area contributed by atoms with Gasteiger partial charge in [0.05, 0.1) is 11.8 Å². The van der Waals surface area contributed by atoms with Crippen LogP contribution in [0.2, 0.25) is 0 Å². The molecule has 0 spiro atoms.